The Morgan fingerprint density at radius 2 is 1.88 bits per heavy atom. The van der Waals surface area contributed by atoms with Crippen LogP contribution in [0.25, 0.3) is 0 Å². The maximum Gasteiger partial charge on any atom is 0.319 e. The van der Waals surface area contributed by atoms with Crippen LogP contribution >= 0.6 is 0 Å². The van der Waals surface area contributed by atoms with Crippen LogP contribution in [-0.2, 0) is 0 Å². The van der Waals surface area contributed by atoms with Gasteiger partial charge in [0, 0.05) is 11.8 Å². The first-order chi connectivity index (χ1) is 12.0. The van der Waals surface area contributed by atoms with Crippen molar-refractivity contribution in [2.45, 2.75) is 13.8 Å². The van der Waals surface area contributed by atoms with Gasteiger partial charge in [0.1, 0.15) is 12.4 Å². The molecule has 0 saturated carbocycles. The van der Waals surface area contributed by atoms with Gasteiger partial charge >= 0.3 is 6.03 Å². The van der Waals surface area contributed by atoms with Crippen molar-refractivity contribution in [2.24, 2.45) is 0 Å². The highest BCUT2D eigenvalue weighted by molar-refractivity contribution is 5.89. The Morgan fingerprint density at radius 1 is 1.08 bits per heavy atom. The summed E-state index contributed by atoms with van der Waals surface area (Å²) in [5.41, 5.74) is 2.93. The summed E-state index contributed by atoms with van der Waals surface area (Å²) in [6.07, 6.45) is 0. The van der Waals surface area contributed by atoms with Crippen molar-refractivity contribution in [3.8, 4) is 17.6 Å². The van der Waals surface area contributed by atoms with Crippen molar-refractivity contribution < 1.29 is 18.3 Å². The maximum absolute atomic E-state index is 13.3. The van der Waals surface area contributed by atoms with Crippen LogP contribution in [0.1, 0.15) is 11.1 Å². The van der Waals surface area contributed by atoms with E-state index in [2.05, 4.69) is 22.5 Å². The molecule has 0 atom stereocenters. The van der Waals surface area contributed by atoms with Crippen molar-refractivity contribution in [2.75, 3.05) is 18.5 Å². The summed E-state index contributed by atoms with van der Waals surface area (Å²) in [7, 11) is 0. The fraction of sp³-hybridized carbons (Fsp3) is 0.211. The predicted octanol–water partition coefficient (Wildman–Crippen LogP) is 3.79. The number of carbonyl (C=O) groups is 1. The van der Waals surface area contributed by atoms with Gasteiger partial charge in [0.2, 0.25) is 0 Å². The van der Waals surface area contributed by atoms with E-state index >= 15 is 0 Å². The third-order valence-corrected chi connectivity index (χ3v) is 3.42. The lowest BCUT2D eigenvalue weighted by Crippen LogP contribution is -2.29. The third-order valence-electron chi connectivity index (χ3n) is 3.42. The molecule has 0 aliphatic carbocycles. The summed E-state index contributed by atoms with van der Waals surface area (Å²) in [5.74, 6) is 3.79. The number of urea groups is 1. The molecular weight excluding hydrogens is 326 g/mol. The molecule has 0 spiro atoms. The van der Waals surface area contributed by atoms with E-state index in [9.17, 15) is 13.6 Å². The van der Waals surface area contributed by atoms with Crippen molar-refractivity contribution in [3.05, 3.63) is 59.2 Å². The van der Waals surface area contributed by atoms with Gasteiger partial charge in [0.25, 0.3) is 0 Å². The SMILES string of the molecule is Cc1ccc(NC(=O)NCC#CCOc2ccc(F)cc2F)cc1C. The van der Waals surface area contributed by atoms with Gasteiger partial charge in [0.15, 0.2) is 11.6 Å². The van der Waals surface area contributed by atoms with Crippen LogP contribution in [0.3, 0.4) is 0 Å². The lowest BCUT2D eigenvalue weighted by atomic mass is 10.1. The molecule has 2 aromatic carbocycles. The van der Waals surface area contributed by atoms with E-state index in [1.807, 2.05) is 32.0 Å². The second-order valence-corrected chi connectivity index (χ2v) is 5.32. The Balaban J connectivity index is 1.72. The van der Waals surface area contributed by atoms with Gasteiger partial charge in [-0.05, 0) is 49.2 Å². The van der Waals surface area contributed by atoms with Gasteiger partial charge in [-0.3, -0.25) is 0 Å². The highest BCUT2D eigenvalue weighted by Gasteiger charge is 2.03. The van der Waals surface area contributed by atoms with Gasteiger partial charge in [-0.2, -0.15) is 0 Å². The van der Waals surface area contributed by atoms with Gasteiger partial charge in [-0.25, -0.2) is 13.6 Å². The van der Waals surface area contributed by atoms with Gasteiger partial charge in [-0.1, -0.05) is 17.9 Å². The first-order valence-corrected chi connectivity index (χ1v) is 7.61. The molecule has 6 heteroatoms. The highest BCUT2D eigenvalue weighted by atomic mass is 19.1. The zero-order valence-electron chi connectivity index (χ0n) is 14.0. The minimum Gasteiger partial charge on any atom is -0.478 e. The van der Waals surface area contributed by atoms with E-state index in [1.165, 1.54) is 6.07 Å². The van der Waals surface area contributed by atoms with Gasteiger partial charge < -0.3 is 15.4 Å². The summed E-state index contributed by atoms with van der Waals surface area (Å²) in [6, 6.07) is 8.29. The lowest BCUT2D eigenvalue weighted by Gasteiger charge is -2.07. The summed E-state index contributed by atoms with van der Waals surface area (Å²) < 4.78 is 31.1. The zero-order chi connectivity index (χ0) is 18.2. The molecule has 0 radical (unpaired) electrons. The van der Waals surface area contributed by atoms with Crippen LogP contribution in [0.15, 0.2) is 36.4 Å². The van der Waals surface area contributed by atoms with Crippen LogP contribution in [0.5, 0.6) is 5.75 Å². The number of aryl methyl sites for hydroxylation is 2. The zero-order valence-corrected chi connectivity index (χ0v) is 14.0. The Morgan fingerprint density at radius 3 is 2.60 bits per heavy atom. The molecule has 0 aromatic heterocycles. The summed E-state index contributed by atoms with van der Waals surface area (Å²) in [4.78, 5) is 11.7. The number of halogens is 2. The number of anilines is 1. The predicted molar refractivity (Wildman–Crippen MR) is 92.6 cm³/mol. The Kier molecular flexibility index (Phi) is 6.35. The number of nitrogens with one attached hydrogen (secondary N) is 2. The Labute approximate surface area is 145 Å². The minimum atomic E-state index is -0.785. The largest absolute Gasteiger partial charge is 0.478 e. The van der Waals surface area contributed by atoms with Crippen LogP contribution < -0.4 is 15.4 Å². The minimum absolute atomic E-state index is 0.0665. The number of benzene rings is 2. The van der Waals surface area contributed by atoms with Crippen LogP contribution in [0.4, 0.5) is 19.3 Å². The fourth-order valence-electron chi connectivity index (χ4n) is 1.94. The lowest BCUT2D eigenvalue weighted by molar-refractivity contribution is 0.253. The van der Waals surface area contributed by atoms with Crippen LogP contribution in [0, 0.1) is 37.3 Å². The van der Waals surface area contributed by atoms with E-state index in [0.29, 0.717) is 5.69 Å². The second kappa shape index (κ2) is 8.69. The number of hydrogen-bond acceptors (Lipinski definition) is 2. The molecule has 4 nitrogen and oxygen atoms in total. The summed E-state index contributed by atoms with van der Waals surface area (Å²) in [5, 5.41) is 5.29. The Hall–Kier alpha value is -3.07. The van der Waals surface area contributed by atoms with Gasteiger partial charge in [0.05, 0.1) is 6.54 Å². The topological polar surface area (TPSA) is 50.4 Å². The van der Waals surface area contributed by atoms with E-state index < -0.39 is 11.6 Å². The molecule has 0 aliphatic heterocycles. The molecule has 2 aromatic rings. The molecule has 2 N–H and O–H groups in total. The maximum atomic E-state index is 13.3. The Bertz CT molecular complexity index is 826. The smallest absolute Gasteiger partial charge is 0.319 e. The first kappa shape index (κ1) is 18.3. The molecule has 0 heterocycles. The number of amides is 2. The average Bonchev–Trinajstić information content (AvgIpc) is 2.56. The molecule has 2 amide bonds. The monoisotopic (exact) mass is 344 g/mol. The standard InChI is InChI=1S/C19H18F2N2O2/c1-13-5-7-16(11-14(13)2)23-19(24)22-9-3-4-10-25-18-8-6-15(20)12-17(18)21/h5-8,11-12H,9-10H2,1-2H3,(H2,22,23,24). The quantitative estimate of drug-likeness (QED) is 0.829. The number of hydrogen-bond donors (Lipinski definition) is 2. The highest BCUT2D eigenvalue weighted by Crippen LogP contribution is 2.17. The number of carbonyl (C=O) groups excluding carboxylic acids is 1. The normalized spacial score (nSPS) is 9.76. The van der Waals surface area contributed by atoms with Crippen LogP contribution in [0.2, 0.25) is 0 Å². The average molecular weight is 344 g/mol. The first-order valence-electron chi connectivity index (χ1n) is 7.61. The van der Waals surface area contributed by atoms with Crippen molar-refractivity contribution >= 4 is 11.7 Å². The van der Waals surface area contributed by atoms with Crippen molar-refractivity contribution in [3.63, 3.8) is 0 Å². The van der Waals surface area contributed by atoms with E-state index in [0.717, 1.165) is 23.3 Å². The second-order valence-electron chi connectivity index (χ2n) is 5.32. The number of ether oxygens (including phenoxy) is 1. The fourth-order valence-corrected chi connectivity index (χ4v) is 1.94. The molecular formula is C19H18F2N2O2. The molecule has 0 aliphatic rings. The van der Waals surface area contributed by atoms with Crippen molar-refractivity contribution in [1.82, 2.24) is 5.32 Å². The van der Waals surface area contributed by atoms with E-state index in [1.54, 1.807) is 0 Å². The third kappa shape index (κ3) is 5.81. The summed E-state index contributed by atoms with van der Waals surface area (Å²) >= 11 is 0. The molecule has 0 unspecified atom stereocenters. The van der Waals surface area contributed by atoms with Gasteiger partial charge in [-0.15, -0.1) is 0 Å². The molecule has 0 fully saturated rings. The van der Waals surface area contributed by atoms with Crippen molar-refractivity contribution in [1.29, 1.82) is 0 Å². The molecule has 0 saturated heterocycles. The summed E-state index contributed by atoms with van der Waals surface area (Å²) in [6.45, 7) is 4.01. The van der Waals surface area contributed by atoms with Crippen LogP contribution in [-0.4, -0.2) is 19.2 Å². The molecule has 130 valence electrons. The molecule has 0 bridgehead atoms. The molecule has 2 rings (SSSR count). The van der Waals surface area contributed by atoms with E-state index in [-0.39, 0.29) is 24.9 Å². The van der Waals surface area contributed by atoms with E-state index in [4.69, 9.17) is 4.74 Å². The molecule has 25 heavy (non-hydrogen) atoms. The number of rotatable bonds is 4.